The summed E-state index contributed by atoms with van der Waals surface area (Å²) in [6, 6.07) is 12.5. The topological polar surface area (TPSA) is 97.6 Å². The first-order valence-electron chi connectivity index (χ1n) is 9.86. The summed E-state index contributed by atoms with van der Waals surface area (Å²) in [5.74, 6) is 1.32. The lowest BCUT2D eigenvalue weighted by Gasteiger charge is -2.08. The maximum atomic E-state index is 12.4. The van der Waals surface area contributed by atoms with Crippen LogP contribution in [-0.2, 0) is 4.79 Å². The Morgan fingerprint density at radius 3 is 2.81 bits per heavy atom. The lowest BCUT2D eigenvalue weighted by atomic mass is 10.2. The summed E-state index contributed by atoms with van der Waals surface area (Å²) in [5, 5.41) is 12.0. The van der Waals surface area contributed by atoms with Gasteiger partial charge in [0.25, 0.3) is 5.91 Å². The average Bonchev–Trinajstić information content (AvgIpc) is 3.39. The Morgan fingerprint density at radius 1 is 1.16 bits per heavy atom. The van der Waals surface area contributed by atoms with Crippen molar-refractivity contribution in [2.24, 2.45) is 5.92 Å². The number of rotatable bonds is 6. The highest BCUT2D eigenvalue weighted by Crippen LogP contribution is 2.30. The van der Waals surface area contributed by atoms with Gasteiger partial charge in [-0.3, -0.25) is 9.59 Å². The predicted molar refractivity (Wildman–Crippen MR) is 118 cm³/mol. The van der Waals surface area contributed by atoms with Crippen LogP contribution in [0.3, 0.4) is 0 Å². The monoisotopic (exact) mass is 433 g/mol. The molecule has 0 atom stereocenters. The van der Waals surface area contributed by atoms with Crippen molar-refractivity contribution in [3.8, 4) is 11.6 Å². The minimum Gasteiger partial charge on any atom is -0.438 e. The van der Waals surface area contributed by atoms with E-state index in [0.29, 0.717) is 33.7 Å². The van der Waals surface area contributed by atoms with Gasteiger partial charge in [0, 0.05) is 23.7 Å². The number of hydrogen-bond acceptors (Lipinski definition) is 6. The second-order valence-electron chi connectivity index (χ2n) is 7.38. The predicted octanol–water partition coefficient (Wildman–Crippen LogP) is 4.49. The van der Waals surface area contributed by atoms with Crippen LogP contribution in [0.2, 0.25) is 0 Å². The molecule has 0 radical (unpaired) electrons. The number of anilines is 2. The van der Waals surface area contributed by atoms with Gasteiger partial charge in [-0.2, -0.15) is 0 Å². The molecule has 1 aromatic carbocycles. The number of benzene rings is 1. The van der Waals surface area contributed by atoms with Crippen LogP contribution in [0.1, 0.15) is 28.1 Å². The molecule has 0 bridgehead atoms. The number of hydrogen-bond donors (Lipinski definition) is 2. The van der Waals surface area contributed by atoms with E-state index in [0.717, 1.165) is 18.4 Å². The number of ether oxygens (including phenoxy) is 1. The third-order valence-electron chi connectivity index (χ3n) is 4.88. The fraction of sp³-hybridized carbons (Fsp3) is 0.182. The highest BCUT2D eigenvalue weighted by Gasteiger charge is 2.30. The van der Waals surface area contributed by atoms with Gasteiger partial charge in [-0.1, -0.05) is 6.07 Å². The third-order valence-corrected chi connectivity index (χ3v) is 5.89. The number of thiophene rings is 1. The van der Waals surface area contributed by atoms with E-state index in [4.69, 9.17) is 4.74 Å². The van der Waals surface area contributed by atoms with Gasteiger partial charge in [0.05, 0.1) is 11.1 Å². The SMILES string of the molecule is Cc1ccsc1C(=O)Nc1cccc(Oc2ccc3nc(NC(=O)C4CC4)cn3n2)c1. The Hall–Kier alpha value is -3.72. The van der Waals surface area contributed by atoms with Crippen molar-refractivity contribution in [1.29, 1.82) is 0 Å². The zero-order valence-corrected chi connectivity index (χ0v) is 17.5. The largest absolute Gasteiger partial charge is 0.438 e. The van der Waals surface area contributed by atoms with Crippen molar-refractivity contribution in [3.05, 3.63) is 64.5 Å². The lowest BCUT2D eigenvalue weighted by molar-refractivity contribution is -0.117. The first kappa shape index (κ1) is 19.3. The molecule has 8 nitrogen and oxygen atoms in total. The summed E-state index contributed by atoms with van der Waals surface area (Å²) < 4.78 is 7.42. The van der Waals surface area contributed by atoms with Crippen molar-refractivity contribution in [1.82, 2.24) is 14.6 Å². The van der Waals surface area contributed by atoms with Crippen molar-refractivity contribution in [3.63, 3.8) is 0 Å². The van der Waals surface area contributed by atoms with Gasteiger partial charge in [0.15, 0.2) is 11.5 Å². The minimum absolute atomic E-state index is 0.00326. The van der Waals surface area contributed by atoms with E-state index < -0.39 is 0 Å². The van der Waals surface area contributed by atoms with E-state index in [1.54, 1.807) is 47.1 Å². The third kappa shape index (κ3) is 4.26. The van der Waals surface area contributed by atoms with E-state index in [1.807, 2.05) is 18.4 Å². The second-order valence-corrected chi connectivity index (χ2v) is 8.30. The number of carbonyl (C=O) groups is 2. The van der Waals surface area contributed by atoms with E-state index in [-0.39, 0.29) is 17.7 Å². The van der Waals surface area contributed by atoms with Crippen LogP contribution >= 0.6 is 11.3 Å². The summed E-state index contributed by atoms with van der Waals surface area (Å²) in [7, 11) is 0. The number of carbonyl (C=O) groups excluding carboxylic acids is 2. The molecule has 156 valence electrons. The van der Waals surface area contributed by atoms with Gasteiger partial charge in [0.1, 0.15) is 5.75 Å². The molecule has 5 rings (SSSR count). The van der Waals surface area contributed by atoms with Crippen LogP contribution < -0.4 is 15.4 Å². The summed E-state index contributed by atoms with van der Waals surface area (Å²) in [5.41, 5.74) is 2.18. The molecule has 0 spiro atoms. The van der Waals surface area contributed by atoms with Crippen LogP contribution in [0.15, 0.2) is 54.0 Å². The van der Waals surface area contributed by atoms with Gasteiger partial charge in [-0.25, -0.2) is 9.50 Å². The second kappa shape index (κ2) is 7.84. The average molecular weight is 433 g/mol. The van der Waals surface area contributed by atoms with Crippen LogP contribution in [0.25, 0.3) is 5.65 Å². The molecule has 1 aliphatic carbocycles. The molecule has 1 saturated carbocycles. The molecule has 4 aromatic rings. The Balaban J connectivity index is 1.30. The first-order chi connectivity index (χ1) is 15.0. The maximum absolute atomic E-state index is 12.4. The maximum Gasteiger partial charge on any atom is 0.265 e. The molecule has 0 saturated heterocycles. The number of nitrogens with one attached hydrogen (secondary N) is 2. The van der Waals surface area contributed by atoms with Crippen molar-refractivity contribution in [2.75, 3.05) is 10.6 Å². The van der Waals surface area contributed by atoms with Crippen molar-refractivity contribution < 1.29 is 14.3 Å². The fourth-order valence-electron chi connectivity index (χ4n) is 3.10. The quantitative estimate of drug-likeness (QED) is 0.467. The Morgan fingerprint density at radius 2 is 2.03 bits per heavy atom. The minimum atomic E-state index is -0.150. The molecule has 3 aromatic heterocycles. The summed E-state index contributed by atoms with van der Waals surface area (Å²) in [6.07, 6.45) is 3.52. The summed E-state index contributed by atoms with van der Waals surface area (Å²) in [4.78, 5) is 29.4. The summed E-state index contributed by atoms with van der Waals surface area (Å²) in [6.45, 7) is 1.91. The van der Waals surface area contributed by atoms with Gasteiger partial charge >= 0.3 is 0 Å². The van der Waals surface area contributed by atoms with Crippen molar-refractivity contribution >= 4 is 40.3 Å². The number of amides is 2. The molecule has 3 heterocycles. The standard InChI is InChI=1S/C22H19N5O3S/c1-13-9-10-31-20(13)22(29)23-15-3-2-4-16(11-15)30-19-8-7-18-24-17(12-27(18)26-19)25-21(28)14-5-6-14/h2-4,7-12,14H,5-6H2,1H3,(H,23,29)(H,25,28). The van der Waals surface area contributed by atoms with Gasteiger partial charge in [-0.15, -0.1) is 16.4 Å². The van der Waals surface area contributed by atoms with Gasteiger partial charge < -0.3 is 15.4 Å². The normalized spacial score (nSPS) is 13.2. The van der Waals surface area contributed by atoms with Gasteiger partial charge in [-0.05, 0) is 55.0 Å². The van der Waals surface area contributed by atoms with Crippen LogP contribution in [0, 0.1) is 12.8 Å². The molecule has 0 unspecified atom stereocenters. The van der Waals surface area contributed by atoms with Crippen LogP contribution in [0.5, 0.6) is 11.6 Å². The van der Waals surface area contributed by atoms with Crippen molar-refractivity contribution in [2.45, 2.75) is 19.8 Å². The zero-order valence-electron chi connectivity index (χ0n) is 16.7. The first-order valence-corrected chi connectivity index (χ1v) is 10.7. The molecular weight excluding hydrogens is 414 g/mol. The van der Waals surface area contributed by atoms with Gasteiger partial charge in [0.2, 0.25) is 11.8 Å². The van der Waals surface area contributed by atoms with E-state index in [2.05, 4.69) is 20.7 Å². The number of imidazole rings is 1. The molecular formula is C22H19N5O3S. The fourth-order valence-corrected chi connectivity index (χ4v) is 3.92. The summed E-state index contributed by atoms with van der Waals surface area (Å²) >= 11 is 1.41. The number of aromatic nitrogens is 3. The molecule has 0 aliphatic heterocycles. The molecule has 31 heavy (non-hydrogen) atoms. The Labute approximate surface area is 181 Å². The van der Waals surface area contributed by atoms with Crippen LogP contribution in [-0.4, -0.2) is 26.4 Å². The lowest BCUT2D eigenvalue weighted by Crippen LogP contribution is -2.13. The highest BCUT2D eigenvalue weighted by atomic mass is 32.1. The smallest absolute Gasteiger partial charge is 0.265 e. The molecule has 2 N–H and O–H groups in total. The number of fused-ring (bicyclic) bond motifs is 1. The zero-order chi connectivity index (χ0) is 21.4. The van der Waals surface area contributed by atoms with Crippen LogP contribution in [0.4, 0.5) is 11.5 Å². The number of aryl methyl sites for hydroxylation is 1. The van der Waals surface area contributed by atoms with E-state index in [9.17, 15) is 9.59 Å². The van der Waals surface area contributed by atoms with E-state index >= 15 is 0 Å². The highest BCUT2D eigenvalue weighted by molar-refractivity contribution is 7.12. The molecule has 1 aliphatic rings. The molecule has 2 amide bonds. The van der Waals surface area contributed by atoms with E-state index in [1.165, 1.54) is 11.3 Å². The molecule has 9 heteroatoms. The Bertz CT molecular complexity index is 1290. The Kier molecular flexibility index (Phi) is 4.87. The molecule has 1 fully saturated rings. The number of nitrogens with zero attached hydrogens (tertiary/aromatic N) is 3.